The van der Waals surface area contributed by atoms with Crippen LogP contribution in [0.5, 0.6) is 5.75 Å². The highest BCUT2D eigenvalue weighted by Gasteiger charge is 2.16. The Balaban J connectivity index is 1.83. The zero-order valence-corrected chi connectivity index (χ0v) is 15.3. The molecule has 0 spiro atoms. The summed E-state index contributed by atoms with van der Waals surface area (Å²) >= 11 is 0. The van der Waals surface area contributed by atoms with E-state index in [-0.39, 0.29) is 16.5 Å². The van der Waals surface area contributed by atoms with Gasteiger partial charge in [-0.25, -0.2) is 0 Å². The summed E-state index contributed by atoms with van der Waals surface area (Å²) in [5, 5.41) is 3.68. The highest BCUT2D eigenvalue weighted by molar-refractivity contribution is 6.08. The van der Waals surface area contributed by atoms with Crippen LogP contribution in [0.15, 0.2) is 64.2 Å². The lowest BCUT2D eigenvalue weighted by Crippen LogP contribution is -2.26. The number of pyridine rings is 2. The number of amides is 1. The third-order valence-electron chi connectivity index (χ3n) is 4.70. The molecule has 0 atom stereocenters. The highest BCUT2D eigenvalue weighted by atomic mass is 16.5. The van der Waals surface area contributed by atoms with Gasteiger partial charge in [-0.05, 0) is 36.4 Å². The molecule has 28 heavy (non-hydrogen) atoms. The minimum Gasteiger partial charge on any atom is -0.497 e. The monoisotopic (exact) mass is 375 g/mol. The largest absolute Gasteiger partial charge is 0.497 e. The Hall–Kier alpha value is -3.87. The first-order valence-corrected chi connectivity index (χ1v) is 8.60. The van der Waals surface area contributed by atoms with Crippen molar-refractivity contribution in [3.8, 4) is 5.75 Å². The highest BCUT2D eigenvalue weighted by Crippen LogP contribution is 2.20. The van der Waals surface area contributed by atoms with E-state index in [1.165, 1.54) is 10.6 Å². The summed E-state index contributed by atoms with van der Waals surface area (Å²) in [6.07, 6.45) is 0. The van der Waals surface area contributed by atoms with Crippen molar-refractivity contribution >= 4 is 33.4 Å². The Kier molecular flexibility index (Phi) is 4.19. The van der Waals surface area contributed by atoms with Crippen molar-refractivity contribution in [1.82, 2.24) is 9.55 Å². The molecule has 0 saturated carbocycles. The second kappa shape index (κ2) is 6.70. The first-order valence-electron chi connectivity index (χ1n) is 8.60. The molecule has 0 saturated heterocycles. The summed E-state index contributed by atoms with van der Waals surface area (Å²) in [6.45, 7) is 0. The zero-order valence-electron chi connectivity index (χ0n) is 15.3. The standard InChI is InChI=1S/C21H17N3O4/c1-24-17-6-4-3-5-14(17)18-15(21(24)27)11-16(20(26)23-18)19(25)22-12-7-9-13(28-2)10-8-12/h3-11H,1-2H3,(H,22,25)(H,23,26). The molecule has 2 aromatic heterocycles. The smallest absolute Gasteiger partial charge is 0.261 e. The summed E-state index contributed by atoms with van der Waals surface area (Å²) in [7, 11) is 3.21. The molecular weight excluding hydrogens is 358 g/mol. The summed E-state index contributed by atoms with van der Waals surface area (Å²) in [6, 6.07) is 15.4. The molecular formula is C21H17N3O4. The molecule has 4 rings (SSSR count). The van der Waals surface area contributed by atoms with Crippen LogP contribution >= 0.6 is 0 Å². The van der Waals surface area contributed by atoms with E-state index < -0.39 is 11.5 Å². The number of nitrogens with one attached hydrogen (secondary N) is 2. The van der Waals surface area contributed by atoms with Gasteiger partial charge in [-0.1, -0.05) is 18.2 Å². The van der Waals surface area contributed by atoms with E-state index in [0.717, 1.165) is 5.39 Å². The van der Waals surface area contributed by atoms with Gasteiger partial charge in [0.25, 0.3) is 17.0 Å². The lowest BCUT2D eigenvalue weighted by atomic mass is 10.1. The van der Waals surface area contributed by atoms with Gasteiger partial charge in [0.15, 0.2) is 0 Å². The molecule has 2 heterocycles. The predicted molar refractivity (Wildman–Crippen MR) is 108 cm³/mol. The molecule has 2 aromatic carbocycles. The van der Waals surface area contributed by atoms with Gasteiger partial charge in [-0.2, -0.15) is 0 Å². The summed E-state index contributed by atoms with van der Waals surface area (Å²) in [5.74, 6) is 0.0560. The predicted octanol–water partition coefficient (Wildman–Crippen LogP) is 2.64. The van der Waals surface area contributed by atoms with Crippen LogP contribution in [-0.2, 0) is 7.05 Å². The number of aromatic nitrogens is 2. The lowest BCUT2D eigenvalue weighted by molar-refractivity contribution is 0.102. The number of benzene rings is 2. The minimum absolute atomic E-state index is 0.129. The van der Waals surface area contributed by atoms with Crippen LogP contribution in [0.3, 0.4) is 0 Å². The molecule has 140 valence electrons. The van der Waals surface area contributed by atoms with E-state index in [1.807, 2.05) is 18.2 Å². The molecule has 0 fully saturated rings. The van der Waals surface area contributed by atoms with Crippen molar-refractivity contribution in [2.75, 3.05) is 12.4 Å². The first-order chi connectivity index (χ1) is 13.5. The number of methoxy groups -OCH3 is 1. The summed E-state index contributed by atoms with van der Waals surface area (Å²) in [5.41, 5.74) is 0.656. The number of anilines is 1. The number of rotatable bonds is 3. The van der Waals surface area contributed by atoms with E-state index in [4.69, 9.17) is 4.74 Å². The quantitative estimate of drug-likeness (QED) is 0.539. The molecule has 0 aliphatic rings. The number of aryl methyl sites for hydroxylation is 1. The molecule has 0 aliphatic carbocycles. The van der Waals surface area contributed by atoms with Crippen molar-refractivity contribution in [2.45, 2.75) is 0 Å². The van der Waals surface area contributed by atoms with Gasteiger partial charge in [-0.15, -0.1) is 0 Å². The number of hydrogen-bond acceptors (Lipinski definition) is 4. The van der Waals surface area contributed by atoms with E-state index in [2.05, 4.69) is 10.3 Å². The van der Waals surface area contributed by atoms with Gasteiger partial charge in [0.05, 0.1) is 23.5 Å². The van der Waals surface area contributed by atoms with Crippen LogP contribution in [0.2, 0.25) is 0 Å². The van der Waals surface area contributed by atoms with Crippen molar-refractivity contribution < 1.29 is 9.53 Å². The number of ether oxygens (including phenoxy) is 1. The Bertz CT molecular complexity index is 1330. The van der Waals surface area contributed by atoms with Crippen molar-refractivity contribution in [3.05, 3.63) is 80.9 Å². The van der Waals surface area contributed by atoms with Gasteiger partial charge in [0.1, 0.15) is 11.3 Å². The molecule has 0 bridgehead atoms. The number of carbonyl (C=O) groups is 1. The number of H-pyrrole nitrogens is 1. The number of carbonyl (C=O) groups excluding carboxylic acids is 1. The zero-order chi connectivity index (χ0) is 19.8. The van der Waals surface area contributed by atoms with E-state index >= 15 is 0 Å². The van der Waals surface area contributed by atoms with Crippen LogP contribution in [0, 0.1) is 0 Å². The van der Waals surface area contributed by atoms with Gasteiger partial charge in [-0.3, -0.25) is 14.4 Å². The van der Waals surface area contributed by atoms with E-state index in [1.54, 1.807) is 44.5 Å². The van der Waals surface area contributed by atoms with Gasteiger partial charge in [0.2, 0.25) is 0 Å². The molecule has 2 N–H and O–H groups in total. The molecule has 1 amide bonds. The maximum absolute atomic E-state index is 12.8. The summed E-state index contributed by atoms with van der Waals surface area (Å²) < 4.78 is 6.58. The van der Waals surface area contributed by atoms with Crippen LogP contribution in [0.25, 0.3) is 21.8 Å². The van der Waals surface area contributed by atoms with Crippen molar-refractivity contribution in [3.63, 3.8) is 0 Å². The second-order valence-electron chi connectivity index (χ2n) is 6.36. The molecule has 7 heteroatoms. The Morgan fingerprint density at radius 1 is 1.04 bits per heavy atom. The SMILES string of the molecule is COc1ccc(NC(=O)c2cc3c(=O)n(C)c4ccccc4c3[nH]c2=O)cc1. The van der Waals surface area contributed by atoms with Crippen LogP contribution in [-0.4, -0.2) is 22.6 Å². The molecule has 7 nitrogen and oxygen atoms in total. The number of nitrogens with zero attached hydrogens (tertiary/aromatic N) is 1. The number of para-hydroxylation sites is 1. The van der Waals surface area contributed by atoms with Crippen LogP contribution < -0.4 is 21.2 Å². The maximum atomic E-state index is 12.8. The second-order valence-corrected chi connectivity index (χ2v) is 6.36. The molecule has 0 radical (unpaired) electrons. The Labute approximate surface area is 159 Å². The fourth-order valence-corrected chi connectivity index (χ4v) is 3.22. The fourth-order valence-electron chi connectivity index (χ4n) is 3.22. The first kappa shape index (κ1) is 17.5. The van der Waals surface area contributed by atoms with Gasteiger partial charge in [0, 0.05) is 18.1 Å². The average molecular weight is 375 g/mol. The fraction of sp³-hybridized carbons (Fsp3) is 0.0952. The number of hydrogen-bond donors (Lipinski definition) is 2. The third-order valence-corrected chi connectivity index (χ3v) is 4.70. The van der Waals surface area contributed by atoms with Gasteiger partial charge >= 0.3 is 0 Å². The lowest BCUT2D eigenvalue weighted by Gasteiger charge is -2.10. The topological polar surface area (TPSA) is 93.2 Å². The van der Waals surface area contributed by atoms with E-state index in [0.29, 0.717) is 22.5 Å². The molecule has 4 aromatic rings. The normalized spacial score (nSPS) is 10.9. The Morgan fingerprint density at radius 2 is 1.75 bits per heavy atom. The van der Waals surface area contributed by atoms with Crippen LogP contribution in [0.4, 0.5) is 5.69 Å². The van der Waals surface area contributed by atoms with E-state index in [9.17, 15) is 14.4 Å². The minimum atomic E-state index is -0.594. The number of fused-ring (bicyclic) bond motifs is 3. The number of aromatic amines is 1. The molecule has 0 unspecified atom stereocenters. The maximum Gasteiger partial charge on any atom is 0.261 e. The summed E-state index contributed by atoms with van der Waals surface area (Å²) in [4.78, 5) is 40.6. The average Bonchev–Trinajstić information content (AvgIpc) is 2.72. The Morgan fingerprint density at radius 3 is 2.46 bits per heavy atom. The van der Waals surface area contributed by atoms with Gasteiger partial charge < -0.3 is 19.6 Å². The van der Waals surface area contributed by atoms with Crippen molar-refractivity contribution in [2.24, 2.45) is 7.05 Å². The molecule has 0 aliphatic heterocycles. The van der Waals surface area contributed by atoms with Crippen LogP contribution in [0.1, 0.15) is 10.4 Å². The van der Waals surface area contributed by atoms with Crippen molar-refractivity contribution in [1.29, 1.82) is 0 Å². The third kappa shape index (κ3) is 2.83.